The van der Waals surface area contributed by atoms with Gasteiger partial charge in [0.2, 0.25) is 5.78 Å². The second kappa shape index (κ2) is 9.36. The summed E-state index contributed by atoms with van der Waals surface area (Å²) in [6.45, 7) is -1.59. The number of nitro groups is 1. The number of halogens is 2. The minimum Gasteiger partial charge on any atom is -0.451 e. The summed E-state index contributed by atoms with van der Waals surface area (Å²) in [5.74, 6) is -1.39. The zero-order valence-electron chi connectivity index (χ0n) is 14.6. The first-order valence-corrected chi connectivity index (χ1v) is 7.98. The number of hydrogen-bond donors (Lipinski definition) is 0. The SMILES string of the molecule is C[C@@H](OC(=O)/C=C/c1ccc([N+](=O)[O-])cc1)C(=O)c1ccc(OC(F)F)cc1. The third kappa shape index (κ3) is 5.97. The molecule has 0 unspecified atom stereocenters. The molecule has 2 aromatic rings. The normalized spacial score (nSPS) is 12.0. The molecule has 2 aromatic carbocycles. The first kappa shape index (κ1) is 20.7. The second-order valence-corrected chi connectivity index (χ2v) is 5.53. The number of hydrogen-bond acceptors (Lipinski definition) is 6. The number of Topliss-reactive ketones (excluding diaryl/α,β-unsaturated/α-hetero) is 1. The largest absolute Gasteiger partial charge is 0.451 e. The van der Waals surface area contributed by atoms with Gasteiger partial charge in [0, 0.05) is 23.8 Å². The lowest BCUT2D eigenvalue weighted by molar-refractivity contribution is -0.384. The number of esters is 1. The number of nitro benzene ring substituents is 1. The van der Waals surface area contributed by atoms with E-state index in [9.17, 15) is 28.5 Å². The van der Waals surface area contributed by atoms with Crippen LogP contribution in [0.2, 0.25) is 0 Å². The van der Waals surface area contributed by atoms with Gasteiger partial charge in [-0.2, -0.15) is 8.78 Å². The monoisotopic (exact) mass is 391 g/mol. The Kier molecular flexibility index (Phi) is 6.91. The Morgan fingerprint density at radius 2 is 1.68 bits per heavy atom. The average molecular weight is 391 g/mol. The molecule has 0 aromatic heterocycles. The van der Waals surface area contributed by atoms with Crippen LogP contribution in [0.1, 0.15) is 22.8 Å². The topological polar surface area (TPSA) is 95.7 Å². The molecule has 0 aliphatic heterocycles. The number of alkyl halides is 2. The van der Waals surface area contributed by atoms with Gasteiger partial charge in [0.05, 0.1) is 4.92 Å². The molecule has 7 nitrogen and oxygen atoms in total. The zero-order valence-corrected chi connectivity index (χ0v) is 14.6. The van der Waals surface area contributed by atoms with Crippen LogP contribution in [0.15, 0.2) is 54.6 Å². The minimum absolute atomic E-state index is 0.0797. The van der Waals surface area contributed by atoms with Crippen LogP contribution < -0.4 is 4.74 Å². The summed E-state index contributed by atoms with van der Waals surface area (Å²) in [5, 5.41) is 10.6. The summed E-state index contributed by atoms with van der Waals surface area (Å²) in [5.41, 5.74) is 0.626. The number of carbonyl (C=O) groups excluding carboxylic acids is 2. The minimum atomic E-state index is -2.97. The van der Waals surface area contributed by atoms with Crippen molar-refractivity contribution in [3.8, 4) is 5.75 Å². The maximum absolute atomic E-state index is 12.2. The number of carbonyl (C=O) groups is 2. The van der Waals surface area contributed by atoms with Crippen molar-refractivity contribution in [1.82, 2.24) is 0 Å². The Morgan fingerprint density at radius 3 is 2.21 bits per heavy atom. The fraction of sp³-hybridized carbons (Fsp3) is 0.158. The van der Waals surface area contributed by atoms with Crippen LogP contribution in [0, 0.1) is 10.1 Å². The number of ether oxygens (including phenoxy) is 2. The van der Waals surface area contributed by atoms with Crippen molar-refractivity contribution in [3.63, 3.8) is 0 Å². The van der Waals surface area contributed by atoms with E-state index in [2.05, 4.69) is 4.74 Å². The molecule has 0 aliphatic carbocycles. The molecule has 9 heteroatoms. The van der Waals surface area contributed by atoms with Crippen molar-refractivity contribution in [2.45, 2.75) is 19.6 Å². The van der Waals surface area contributed by atoms with E-state index in [0.717, 1.165) is 6.08 Å². The van der Waals surface area contributed by atoms with Gasteiger partial charge in [-0.3, -0.25) is 14.9 Å². The smallest absolute Gasteiger partial charge is 0.387 e. The van der Waals surface area contributed by atoms with Crippen LogP contribution in [0.3, 0.4) is 0 Å². The van der Waals surface area contributed by atoms with E-state index in [1.54, 1.807) is 0 Å². The van der Waals surface area contributed by atoms with E-state index < -0.39 is 29.4 Å². The van der Waals surface area contributed by atoms with Crippen LogP contribution in [0.4, 0.5) is 14.5 Å². The fourth-order valence-electron chi connectivity index (χ4n) is 2.17. The first-order valence-electron chi connectivity index (χ1n) is 7.98. The van der Waals surface area contributed by atoms with Gasteiger partial charge in [-0.15, -0.1) is 0 Å². The summed E-state index contributed by atoms with van der Waals surface area (Å²) < 4.78 is 33.4. The number of ketones is 1. The molecule has 28 heavy (non-hydrogen) atoms. The van der Waals surface area contributed by atoms with Crippen molar-refractivity contribution in [1.29, 1.82) is 0 Å². The number of rotatable bonds is 8. The predicted octanol–water partition coefficient (Wildman–Crippen LogP) is 4.02. The van der Waals surface area contributed by atoms with Crippen molar-refractivity contribution in [2.75, 3.05) is 0 Å². The Hall–Kier alpha value is -3.62. The molecule has 0 radical (unpaired) electrons. The van der Waals surface area contributed by atoms with Gasteiger partial charge in [-0.25, -0.2) is 4.79 Å². The van der Waals surface area contributed by atoms with Crippen LogP contribution in [-0.4, -0.2) is 29.4 Å². The summed E-state index contributed by atoms with van der Waals surface area (Å²) in [6, 6.07) is 10.5. The lowest BCUT2D eigenvalue weighted by atomic mass is 10.1. The molecule has 0 aliphatic rings. The lowest BCUT2D eigenvalue weighted by Gasteiger charge is -2.11. The van der Waals surface area contributed by atoms with E-state index >= 15 is 0 Å². The molecule has 0 saturated heterocycles. The van der Waals surface area contributed by atoms with E-state index in [0.29, 0.717) is 5.56 Å². The molecular weight excluding hydrogens is 376 g/mol. The summed E-state index contributed by atoms with van der Waals surface area (Å²) >= 11 is 0. The van der Waals surface area contributed by atoms with E-state index in [-0.39, 0.29) is 17.0 Å². The Morgan fingerprint density at radius 1 is 1.07 bits per heavy atom. The van der Waals surface area contributed by atoms with E-state index in [1.165, 1.54) is 61.5 Å². The summed E-state index contributed by atoms with van der Waals surface area (Å²) in [7, 11) is 0. The zero-order chi connectivity index (χ0) is 20.7. The van der Waals surface area contributed by atoms with Crippen molar-refractivity contribution >= 4 is 23.5 Å². The maximum Gasteiger partial charge on any atom is 0.387 e. The highest BCUT2D eigenvalue weighted by Crippen LogP contribution is 2.17. The number of benzene rings is 2. The Labute approximate surface area is 158 Å². The first-order chi connectivity index (χ1) is 13.3. The van der Waals surface area contributed by atoms with Gasteiger partial charge < -0.3 is 9.47 Å². The predicted molar refractivity (Wildman–Crippen MR) is 95.1 cm³/mol. The Bertz CT molecular complexity index is 878. The Balaban J connectivity index is 1.93. The van der Waals surface area contributed by atoms with Crippen molar-refractivity contribution in [2.24, 2.45) is 0 Å². The van der Waals surface area contributed by atoms with Crippen molar-refractivity contribution < 1.29 is 32.8 Å². The standard InChI is InChI=1S/C19H15F2NO6/c1-12(18(24)14-5-9-16(10-6-14)28-19(20)21)27-17(23)11-4-13-2-7-15(8-3-13)22(25)26/h2-12,19H,1H3/b11-4+/t12-/m1/s1. The highest BCUT2D eigenvalue weighted by atomic mass is 19.3. The van der Waals surface area contributed by atoms with Crippen LogP contribution in [-0.2, 0) is 9.53 Å². The van der Waals surface area contributed by atoms with Crippen LogP contribution >= 0.6 is 0 Å². The molecule has 0 heterocycles. The van der Waals surface area contributed by atoms with Gasteiger partial charge in [-0.1, -0.05) is 0 Å². The molecule has 146 valence electrons. The molecule has 0 amide bonds. The molecule has 0 fully saturated rings. The fourth-order valence-corrected chi connectivity index (χ4v) is 2.17. The summed E-state index contributed by atoms with van der Waals surface area (Å²) in [6.07, 6.45) is 1.38. The van der Waals surface area contributed by atoms with Crippen LogP contribution in [0.5, 0.6) is 5.75 Å². The molecular formula is C19H15F2NO6. The third-order valence-corrected chi connectivity index (χ3v) is 3.54. The van der Waals surface area contributed by atoms with Gasteiger partial charge in [0.25, 0.3) is 5.69 Å². The average Bonchev–Trinajstić information content (AvgIpc) is 2.66. The molecule has 0 N–H and O–H groups in total. The maximum atomic E-state index is 12.2. The third-order valence-electron chi connectivity index (χ3n) is 3.54. The quantitative estimate of drug-likeness (QED) is 0.222. The molecule has 2 rings (SSSR count). The molecule has 0 saturated carbocycles. The van der Waals surface area contributed by atoms with Gasteiger partial charge in [0.1, 0.15) is 5.75 Å². The summed E-state index contributed by atoms with van der Waals surface area (Å²) in [4.78, 5) is 34.1. The van der Waals surface area contributed by atoms with Crippen LogP contribution in [0.25, 0.3) is 6.08 Å². The number of non-ortho nitro benzene ring substituents is 1. The lowest BCUT2D eigenvalue weighted by Crippen LogP contribution is -2.23. The number of nitrogens with zero attached hydrogens (tertiary/aromatic N) is 1. The second-order valence-electron chi connectivity index (χ2n) is 5.53. The van der Waals surface area contributed by atoms with Crippen molar-refractivity contribution in [3.05, 3.63) is 75.8 Å². The van der Waals surface area contributed by atoms with E-state index in [4.69, 9.17) is 4.74 Å². The highest BCUT2D eigenvalue weighted by molar-refractivity contribution is 6.01. The van der Waals surface area contributed by atoms with Gasteiger partial charge in [-0.05, 0) is 55.0 Å². The van der Waals surface area contributed by atoms with E-state index in [1.807, 2.05) is 0 Å². The highest BCUT2D eigenvalue weighted by Gasteiger charge is 2.19. The molecule has 0 spiro atoms. The van der Waals surface area contributed by atoms with Gasteiger partial charge >= 0.3 is 12.6 Å². The molecule has 0 bridgehead atoms. The molecule has 1 atom stereocenters. The van der Waals surface area contributed by atoms with Gasteiger partial charge in [0.15, 0.2) is 6.10 Å².